The van der Waals surface area contributed by atoms with E-state index in [2.05, 4.69) is 4.90 Å². The lowest BCUT2D eigenvalue weighted by Gasteiger charge is -2.16. The summed E-state index contributed by atoms with van der Waals surface area (Å²) in [5.41, 5.74) is 0.593. The first-order valence-corrected chi connectivity index (χ1v) is 6.35. The summed E-state index contributed by atoms with van der Waals surface area (Å²) in [5, 5.41) is 8.77. The Bertz CT molecular complexity index is 464. The van der Waals surface area contributed by atoms with E-state index in [4.69, 9.17) is 9.84 Å². The highest BCUT2D eigenvalue weighted by atomic mass is 19.1. The molecule has 0 spiro atoms. The SMILES string of the molecule is COc1cccc(CN2CCC(CC(=O)O)C2)c1F. The van der Waals surface area contributed by atoms with Gasteiger partial charge in [0.2, 0.25) is 0 Å². The number of hydrogen-bond acceptors (Lipinski definition) is 3. The molecule has 1 unspecified atom stereocenters. The van der Waals surface area contributed by atoms with Gasteiger partial charge in [-0.1, -0.05) is 12.1 Å². The largest absolute Gasteiger partial charge is 0.494 e. The standard InChI is InChI=1S/C14H18FNO3/c1-19-12-4-2-3-11(14(12)15)9-16-6-5-10(8-16)7-13(17)18/h2-4,10H,5-9H2,1H3,(H,17,18). The van der Waals surface area contributed by atoms with Crippen LogP contribution in [0.2, 0.25) is 0 Å². The third kappa shape index (κ3) is 3.44. The fourth-order valence-corrected chi connectivity index (χ4v) is 2.55. The lowest BCUT2D eigenvalue weighted by Crippen LogP contribution is -2.21. The Labute approximate surface area is 111 Å². The predicted octanol–water partition coefficient (Wildman–Crippen LogP) is 2.13. The van der Waals surface area contributed by atoms with Gasteiger partial charge in [-0.2, -0.15) is 0 Å². The van der Waals surface area contributed by atoms with Crippen LogP contribution >= 0.6 is 0 Å². The summed E-state index contributed by atoms with van der Waals surface area (Å²) in [6.07, 6.45) is 1.05. The van der Waals surface area contributed by atoms with Crippen LogP contribution in [0.1, 0.15) is 18.4 Å². The molecule has 0 bridgehead atoms. The van der Waals surface area contributed by atoms with Gasteiger partial charge in [-0.3, -0.25) is 9.69 Å². The molecule has 1 aliphatic heterocycles. The highest BCUT2D eigenvalue weighted by Crippen LogP contribution is 2.25. The minimum Gasteiger partial charge on any atom is -0.494 e. The maximum Gasteiger partial charge on any atom is 0.303 e. The molecule has 1 atom stereocenters. The lowest BCUT2D eigenvalue weighted by atomic mass is 10.1. The Balaban J connectivity index is 1.97. The van der Waals surface area contributed by atoms with E-state index in [0.717, 1.165) is 13.0 Å². The van der Waals surface area contributed by atoms with Gasteiger partial charge in [0, 0.05) is 25.1 Å². The van der Waals surface area contributed by atoms with Gasteiger partial charge in [-0.05, 0) is 24.9 Å². The number of benzene rings is 1. The summed E-state index contributed by atoms with van der Waals surface area (Å²) >= 11 is 0. The Morgan fingerprint density at radius 1 is 1.58 bits per heavy atom. The number of rotatable bonds is 5. The van der Waals surface area contributed by atoms with Crippen LogP contribution in [0.25, 0.3) is 0 Å². The van der Waals surface area contributed by atoms with Crippen LogP contribution in [0, 0.1) is 11.7 Å². The highest BCUT2D eigenvalue weighted by Gasteiger charge is 2.25. The molecule has 0 aromatic heterocycles. The zero-order chi connectivity index (χ0) is 13.8. The summed E-state index contributed by atoms with van der Waals surface area (Å²) in [5.74, 6) is -0.670. The molecule has 1 fully saturated rings. The summed E-state index contributed by atoms with van der Waals surface area (Å²) in [6, 6.07) is 5.10. The van der Waals surface area contributed by atoms with Gasteiger partial charge in [-0.25, -0.2) is 4.39 Å². The fourth-order valence-electron chi connectivity index (χ4n) is 2.55. The van der Waals surface area contributed by atoms with Crippen molar-refractivity contribution in [2.45, 2.75) is 19.4 Å². The van der Waals surface area contributed by atoms with E-state index in [1.165, 1.54) is 7.11 Å². The van der Waals surface area contributed by atoms with Crippen molar-refractivity contribution in [2.24, 2.45) is 5.92 Å². The first kappa shape index (κ1) is 13.8. The number of carboxylic acids is 1. The summed E-state index contributed by atoms with van der Waals surface area (Å²) in [6.45, 7) is 2.02. The van der Waals surface area contributed by atoms with Gasteiger partial charge in [0.25, 0.3) is 0 Å². The van der Waals surface area contributed by atoms with Crippen LogP contribution in [0.15, 0.2) is 18.2 Å². The Hall–Kier alpha value is -1.62. The van der Waals surface area contributed by atoms with Gasteiger partial charge in [-0.15, -0.1) is 0 Å². The molecule has 0 saturated carbocycles. The van der Waals surface area contributed by atoms with Crippen molar-refractivity contribution in [3.8, 4) is 5.75 Å². The monoisotopic (exact) mass is 267 g/mol. The lowest BCUT2D eigenvalue weighted by molar-refractivity contribution is -0.138. The van der Waals surface area contributed by atoms with Gasteiger partial charge in [0.05, 0.1) is 7.11 Å². The molecule has 4 nitrogen and oxygen atoms in total. The van der Waals surface area contributed by atoms with Crippen LogP contribution in [0.4, 0.5) is 4.39 Å². The predicted molar refractivity (Wildman–Crippen MR) is 68.6 cm³/mol. The smallest absolute Gasteiger partial charge is 0.303 e. The fraction of sp³-hybridized carbons (Fsp3) is 0.500. The molecule has 1 heterocycles. The van der Waals surface area contributed by atoms with Crippen molar-refractivity contribution in [3.63, 3.8) is 0 Å². The van der Waals surface area contributed by atoms with E-state index < -0.39 is 5.97 Å². The molecule has 1 aromatic carbocycles. The van der Waals surface area contributed by atoms with Crippen molar-refractivity contribution in [1.29, 1.82) is 0 Å². The van der Waals surface area contributed by atoms with Crippen molar-refractivity contribution in [1.82, 2.24) is 4.90 Å². The number of halogens is 1. The average Bonchev–Trinajstić information content (AvgIpc) is 2.78. The number of carbonyl (C=O) groups is 1. The number of nitrogens with zero attached hydrogens (tertiary/aromatic N) is 1. The maximum atomic E-state index is 14.0. The van der Waals surface area contributed by atoms with Crippen molar-refractivity contribution < 1.29 is 19.0 Å². The topological polar surface area (TPSA) is 49.8 Å². The van der Waals surface area contributed by atoms with Crippen LogP contribution in [0.5, 0.6) is 5.75 Å². The number of methoxy groups -OCH3 is 1. The first-order chi connectivity index (χ1) is 9.10. The first-order valence-electron chi connectivity index (χ1n) is 6.35. The Morgan fingerprint density at radius 3 is 3.05 bits per heavy atom. The van der Waals surface area contributed by atoms with Gasteiger partial charge in [0.1, 0.15) is 0 Å². The van der Waals surface area contributed by atoms with E-state index in [9.17, 15) is 9.18 Å². The van der Waals surface area contributed by atoms with Crippen LogP contribution < -0.4 is 4.74 Å². The van der Waals surface area contributed by atoms with E-state index in [0.29, 0.717) is 18.7 Å². The number of carboxylic acid groups (broad SMARTS) is 1. The molecule has 19 heavy (non-hydrogen) atoms. The molecule has 5 heteroatoms. The zero-order valence-electron chi connectivity index (χ0n) is 10.9. The second-order valence-corrected chi connectivity index (χ2v) is 4.92. The molecule has 104 valence electrons. The molecule has 1 saturated heterocycles. The molecular weight excluding hydrogens is 249 g/mol. The third-order valence-corrected chi connectivity index (χ3v) is 3.49. The quantitative estimate of drug-likeness (QED) is 0.888. The summed E-state index contributed by atoms with van der Waals surface area (Å²) in [4.78, 5) is 12.8. The van der Waals surface area contributed by atoms with Crippen molar-refractivity contribution in [3.05, 3.63) is 29.6 Å². The normalized spacial score (nSPS) is 19.6. The van der Waals surface area contributed by atoms with E-state index in [-0.39, 0.29) is 23.9 Å². The number of aliphatic carboxylic acids is 1. The summed E-state index contributed by atoms with van der Waals surface area (Å²) < 4.78 is 18.9. The van der Waals surface area contributed by atoms with Crippen molar-refractivity contribution >= 4 is 5.97 Å². The number of ether oxygens (including phenoxy) is 1. The Kier molecular flexibility index (Phi) is 4.37. The molecule has 0 aliphatic carbocycles. The van der Waals surface area contributed by atoms with Crippen LogP contribution in [0.3, 0.4) is 0 Å². The zero-order valence-corrected chi connectivity index (χ0v) is 10.9. The van der Waals surface area contributed by atoms with Crippen LogP contribution in [-0.4, -0.2) is 36.2 Å². The molecule has 1 aromatic rings. The van der Waals surface area contributed by atoms with Crippen molar-refractivity contribution in [2.75, 3.05) is 20.2 Å². The molecular formula is C14H18FNO3. The minimum atomic E-state index is -0.764. The van der Waals surface area contributed by atoms with Gasteiger partial charge >= 0.3 is 5.97 Å². The van der Waals surface area contributed by atoms with E-state index >= 15 is 0 Å². The molecule has 0 radical (unpaired) electrons. The second kappa shape index (κ2) is 6.02. The molecule has 1 N–H and O–H groups in total. The number of likely N-dealkylation sites (tertiary alicyclic amines) is 1. The molecule has 1 aliphatic rings. The molecule has 0 amide bonds. The third-order valence-electron chi connectivity index (χ3n) is 3.49. The molecule has 2 rings (SSSR count). The van der Waals surface area contributed by atoms with Gasteiger partial charge in [0.15, 0.2) is 11.6 Å². The highest BCUT2D eigenvalue weighted by molar-refractivity contribution is 5.67. The van der Waals surface area contributed by atoms with E-state index in [1.807, 2.05) is 0 Å². The Morgan fingerprint density at radius 2 is 2.37 bits per heavy atom. The number of hydrogen-bond donors (Lipinski definition) is 1. The van der Waals surface area contributed by atoms with Gasteiger partial charge < -0.3 is 9.84 Å². The second-order valence-electron chi connectivity index (χ2n) is 4.92. The maximum absolute atomic E-state index is 14.0. The minimum absolute atomic E-state index is 0.172. The van der Waals surface area contributed by atoms with E-state index in [1.54, 1.807) is 18.2 Å². The van der Waals surface area contributed by atoms with Crippen LogP contribution in [-0.2, 0) is 11.3 Å². The summed E-state index contributed by atoms with van der Waals surface area (Å²) in [7, 11) is 1.45. The average molecular weight is 267 g/mol.